The van der Waals surface area contributed by atoms with Crippen molar-refractivity contribution < 1.29 is 19.4 Å². The van der Waals surface area contributed by atoms with Crippen LogP contribution >= 0.6 is 0 Å². The van der Waals surface area contributed by atoms with Crippen LogP contribution in [0.1, 0.15) is 17.5 Å². The SMILES string of the molecule is Cc1cccc(OCCC(=O)NCC(O)C(N)=O)c1C. The van der Waals surface area contributed by atoms with Gasteiger partial charge in [-0.05, 0) is 31.0 Å². The smallest absolute Gasteiger partial charge is 0.248 e. The Labute approximate surface area is 117 Å². The van der Waals surface area contributed by atoms with Gasteiger partial charge in [-0.25, -0.2) is 0 Å². The molecule has 6 nitrogen and oxygen atoms in total. The number of hydrogen-bond acceptors (Lipinski definition) is 4. The van der Waals surface area contributed by atoms with Crippen LogP contribution in [0.15, 0.2) is 18.2 Å². The van der Waals surface area contributed by atoms with Gasteiger partial charge >= 0.3 is 0 Å². The van der Waals surface area contributed by atoms with Crippen molar-refractivity contribution in [1.82, 2.24) is 5.32 Å². The van der Waals surface area contributed by atoms with Crippen LogP contribution in [0.4, 0.5) is 0 Å². The molecule has 1 rings (SSSR count). The molecule has 0 fully saturated rings. The van der Waals surface area contributed by atoms with Gasteiger partial charge in [0.2, 0.25) is 11.8 Å². The van der Waals surface area contributed by atoms with Gasteiger partial charge in [-0.15, -0.1) is 0 Å². The number of carbonyl (C=O) groups excluding carboxylic acids is 2. The van der Waals surface area contributed by atoms with Gasteiger partial charge in [0, 0.05) is 0 Å². The zero-order valence-corrected chi connectivity index (χ0v) is 11.7. The molecular weight excluding hydrogens is 260 g/mol. The van der Waals surface area contributed by atoms with Crippen molar-refractivity contribution in [2.75, 3.05) is 13.2 Å². The van der Waals surface area contributed by atoms with Gasteiger partial charge in [0.25, 0.3) is 0 Å². The molecule has 20 heavy (non-hydrogen) atoms. The summed E-state index contributed by atoms with van der Waals surface area (Å²) < 4.78 is 5.53. The van der Waals surface area contributed by atoms with Crippen molar-refractivity contribution in [2.24, 2.45) is 5.73 Å². The molecule has 0 heterocycles. The first-order valence-electron chi connectivity index (χ1n) is 6.35. The fourth-order valence-corrected chi connectivity index (χ4v) is 1.53. The second-order valence-electron chi connectivity index (χ2n) is 4.52. The number of aryl methyl sites for hydroxylation is 1. The third-order valence-electron chi connectivity index (χ3n) is 2.96. The van der Waals surface area contributed by atoms with Crippen LogP contribution in [0.5, 0.6) is 5.75 Å². The van der Waals surface area contributed by atoms with Gasteiger partial charge in [0.05, 0.1) is 19.6 Å². The van der Waals surface area contributed by atoms with Crippen molar-refractivity contribution in [1.29, 1.82) is 0 Å². The number of ether oxygens (including phenoxy) is 1. The van der Waals surface area contributed by atoms with Crippen molar-refractivity contribution in [2.45, 2.75) is 26.4 Å². The zero-order valence-electron chi connectivity index (χ0n) is 11.7. The average molecular weight is 280 g/mol. The first-order valence-corrected chi connectivity index (χ1v) is 6.35. The van der Waals surface area contributed by atoms with Crippen LogP contribution in [-0.4, -0.2) is 36.2 Å². The first kappa shape index (κ1) is 16.0. The maximum Gasteiger partial charge on any atom is 0.248 e. The summed E-state index contributed by atoms with van der Waals surface area (Å²) in [7, 11) is 0. The van der Waals surface area contributed by atoms with E-state index in [1.165, 1.54) is 0 Å². The largest absolute Gasteiger partial charge is 0.493 e. The topological polar surface area (TPSA) is 102 Å². The Morgan fingerprint density at radius 3 is 2.75 bits per heavy atom. The highest BCUT2D eigenvalue weighted by Crippen LogP contribution is 2.20. The lowest BCUT2D eigenvalue weighted by Crippen LogP contribution is -2.40. The zero-order chi connectivity index (χ0) is 15.1. The van der Waals surface area contributed by atoms with Gasteiger partial charge in [0.1, 0.15) is 11.9 Å². The third kappa shape index (κ3) is 4.89. The number of amides is 2. The van der Waals surface area contributed by atoms with E-state index >= 15 is 0 Å². The number of aliphatic hydroxyl groups is 1. The molecule has 0 aliphatic carbocycles. The van der Waals surface area contributed by atoms with E-state index in [1.807, 2.05) is 32.0 Å². The Hall–Kier alpha value is -2.08. The number of benzene rings is 1. The van der Waals surface area contributed by atoms with Crippen LogP contribution < -0.4 is 15.8 Å². The van der Waals surface area contributed by atoms with Gasteiger partial charge < -0.3 is 20.9 Å². The fraction of sp³-hybridized carbons (Fsp3) is 0.429. The van der Waals surface area contributed by atoms with E-state index in [2.05, 4.69) is 5.32 Å². The van der Waals surface area contributed by atoms with Gasteiger partial charge in [-0.1, -0.05) is 12.1 Å². The van der Waals surface area contributed by atoms with E-state index in [1.54, 1.807) is 0 Å². The van der Waals surface area contributed by atoms with E-state index in [4.69, 9.17) is 15.6 Å². The molecule has 0 aromatic heterocycles. The normalized spacial score (nSPS) is 11.8. The van der Waals surface area contributed by atoms with Crippen molar-refractivity contribution in [3.8, 4) is 5.75 Å². The van der Waals surface area contributed by atoms with Crippen LogP contribution in [-0.2, 0) is 9.59 Å². The lowest BCUT2D eigenvalue weighted by atomic mass is 10.1. The quantitative estimate of drug-likeness (QED) is 0.656. The maximum absolute atomic E-state index is 11.5. The minimum absolute atomic E-state index is 0.138. The molecule has 0 bridgehead atoms. The Morgan fingerprint density at radius 1 is 1.40 bits per heavy atom. The number of nitrogens with two attached hydrogens (primary N) is 1. The molecule has 110 valence electrons. The summed E-state index contributed by atoms with van der Waals surface area (Å²) >= 11 is 0. The summed E-state index contributed by atoms with van der Waals surface area (Å²) in [5, 5.41) is 11.5. The summed E-state index contributed by atoms with van der Waals surface area (Å²) in [6.45, 7) is 3.98. The summed E-state index contributed by atoms with van der Waals surface area (Å²) in [6.07, 6.45) is -1.22. The number of carbonyl (C=O) groups is 2. The van der Waals surface area contributed by atoms with E-state index in [9.17, 15) is 9.59 Å². The minimum Gasteiger partial charge on any atom is -0.493 e. The lowest BCUT2D eigenvalue weighted by molar-refractivity contribution is -0.127. The molecule has 0 aliphatic heterocycles. The van der Waals surface area contributed by atoms with E-state index in [-0.39, 0.29) is 25.5 Å². The Kier molecular flexibility index (Phi) is 5.99. The molecule has 0 radical (unpaired) electrons. The molecule has 0 saturated heterocycles. The van der Waals surface area contributed by atoms with Crippen LogP contribution in [0.25, 0.3) is 0 Å². The van der Waals surface area contributed by atoms with Crippen molar-refractivity contribution in [3.05, 3.63) is 29.3 Å². The second-order valence-corrected chi connectivity index (χ2v) is 4.52. The highest BCUT2D eigenvalue weighted by atomic mass is 16.5. The number of rotatable bonds is 7. The molecular formula is C14H20N2O4. The summed E-state index contributed by atoms with van der Waals surface area (Å²) in [5.74, 6) is -0.428. The van der Waals surface area contributed by atoms with Gasteiger partial charge in [0.15, 0.2) is 0 Å². The number of aliphatic hydroxyl groups excluding tert-OH is 1. The molecule has 4 N–H and O–H groups in total. The Bertz CT molecular complexity index is 488. The maximum atomic E-state index is 11.5. The average Bonchev–Trinajstić information content (AvgIpc) is 2.40. The van der Waals surface area contributed by atoms with E-state index in [0.29, 0.717) is 0 Å². The van der Waals surface area contributed by atoms with Crippen molar-refractivity contribution >= 4 is 11.8 Å². The molecule has 2 amide bonds. The van der Waals surface area contributed by atoms with Gasteiger partial charge in [-0.3, -0.25) is 9.59 Å². The predicted molar refractivity (Wildman–Crippen MR) is 74.2 cm³/mol. The van der Waals surface area contributed by atoms with Gasteiger partial charge in [-0.2, -0.15) is 0 Å². The molecule has 6 heteroatoms. The highest BCUT2D eigenvalue weighted by Gasteiger charge is 2.12. The molecule has 0 spiro atoms. The summed E-state index contributed by atoms with van der Waals surface area (Å²) in [6, 6.07) is 5.72. The predicted octanol–water partition coefficient (Wildman–Crippen LogP) is 0.0347. The van der Waals surface area contributed by atoms with E-state index < -0.39 is 12.0 Å². The molecule has 1 aromatic rings. The Balaban J connectivity index is 2.32. The number of hydrogen-bond donors (Lipinski definition) is 3. The van der Waals surface area contributed by atoms with Crippen molar-refractivity contribution in [3.63, 3.8) is 0 Å². The van der Waals surface area contributed by atoms with Crippen LogP contribution in [0.3, 0.4) is 0 Å². The molecule has 0 saturated carbocycles. The summed E-state index contributed by atoms with van der Waals surface area (Å²) in [4.78, 5) is 22.0. The standard InChI is InChI=1S/C14H20N2O4/c1-9-4-3-5-12(10(9)2)20-7-6-13(18)16-8-11(17)14(15)19/h3-5,11,17H,6-8H2,1-2H3,(H2,15,19)(H,16,18). The van der Waals surface area contributed by atoms with E-state index in [0.717, 1.165) is 16.9 Å². The molecule has 1 atom stereocenters. The minimum atomic E-state index is -1.36. The summed E-state index contributed by atoms with van der Waals surface area (Å²) in [5.41, 5.74) is 7.02. The lowest BCUT2D eigenvalue weighted by Gasteiger charge is -2.11. The number of nitrogens with one attached hydrogen (secondary N) is 1. The monoisotopic (exact) mass is 280 g/mol. The molecule has 1 unspecified atom stereocenters. The van der Waals surface area contributed by atoms with Crippen LogP contribution in [0.2, 0.25) is 0 Å². The highest BCUT2D eigenvalue weighted by molar-refractivity contribution is 5.80. The Morgan fingerprint density at radius 2 is 2.10 bits per heavy atom. The fourth-order valence-electron chi connectivity index (χ4n) is 1.53. The molecule has 0 aliphatic rings. The first-order chi connectivity index (χ1) is 9.41. The number of primary amides is 1. The second kappa shape index (κ2) is 7.49. The van der Waals surface area contributed by atoms with Crippen LogP contribution in [0, 0.1) is 13.8 Å². The third-order valence-corrected chi connectivity index (χ3v) is 2.96. The molecule has 1 aromatic carbocycles.